The smallest absolute Gasteiger partial charge is 0.422 e. The summed E-state index contributed by atoms with van der Waals surface area (Å²) >= 11 is 1.48. The molecule has 1 saturated carbocycles. The molecule has 0 amide bonds. The molecule has 5 nitrogen and oxygen atoms in total. The third kappa shape index (κ3) is 5.35. The average Bonchev–Trinajstić information content (AvgIpc) is 3.07. The fourth-order valence-corrected chi connectivity index (χ4v) is 3.76. The van der Waals surface area contributed by atoms with E-state index in [1.807, 2.05) is 10.7 Å². The van der Waals surface area contributed by atoms with E-state index in [-0.39, 0.29) is 5.75 Å². The van der Waals surface area contributed by atoms with Crippen LogP contribution in [-0.2, 0) is 5.75 Å². The van der Waals surface area contributed by atoms with E-state index in [2.05, 4.69) is 15.5 Å². The molecular weight excluding hydrogens is 353 g/mol. The minimum atomic E-state index is -4.34. The molecule has 136 valence electrons. The van der Waals surface area contributed by atoms with Gasteiger partial charge in [-0.15, -0.1) is 5.10 Å². The number of aromatic nitrogens is 4. The third-order valence-electron chi connectivity index (χ3n) is 4.05. The molecule has 1 aliphatic rings. The highest BCUT2D eigenvalue weighted by molar-refractivity contribution is 7.98. The van der Waals surface area contributed by atoms with Gasteiger partial charge in [0.1, 0.15) is 5.75 Å². The Bertz CT molecular complexity index is 686. The Kier molecular flexibility index (Phi) is 5.82. The molecule has 1 aromatic heterocycles. The minimum Gasteiger partial charge on any atom is -0.484 e. The monoisotopic (exact) mass is 372 g/mol. The summed E-state index contributed by atoms with van der Waals surface area (Å²) in [6, 6.07) is 7.01. The second kappa shape index (κ2) is 8.07. The summed E-state index contributed by atoms with van der Waals surface area (Å²) in [5.41, 5.74) is 0.864. The summed E-state index contributed by atoms with van der Waals surface area (Å²) in [4.78, 5) is 0. The predicted octanol–water partition coefficient (Wildman–Crippen LogP) is 4.41. The largest absolute Gasteiger partial charge is 0.484 e. The maximum absolute atomic E-state index is 12.2. The first-order valence-electron chi connectivity index (χ1n) is 8.20. The quantitative estimate of drug-likeness (QED) is 0.703. The Balaban J connectivity index is 1.59. The van der Waals surface area contributed by atoms with E-state index in [1.165, 1.54) is 37.1 Å². The van der Waals surface area contributed by atoms with Gasteiger partial charge in [-0.2, -0.15) is 13.2 Å². The molecule has 0 saturated heterocycles. The molecule has 0 N–H and O–H groups in total. The van der Waals surface area contributed by atoms with Crippen molar-refractivity contribution in [3.8, 4) is 5.75 Å². The molecule has 25 heavy (non-hydrogen) atoms. The molecule has 2 aromatic rings. The zero-order valence-electron chi connectivity index (χ0n) is 13.6. The van der Waals surface area contributed by atoms with Crippen molar-refractivity contribution in [1.82, 2.24) is 20.2 Å². The maximum atomic E-state index is 12.2. The molecule has 0 atom stereocenters. The van der Waals surface area contributed by atoms with Crippen molar-refractivity contribution >= 4 is 11.8 Å². The predicted molar refractivity (Wildman–Crippen MR) is 87.5 cm³/mol. The summed E-state index contributed by atoms with van der Waals surface area (Å²) < 4.78 is 43.4. The van der Waals surface area contributed by atoms with Gasteiger partial charge in [0.2, 0.25) is 5.16 Å². The van der Waals surface area contributed by atoms with Gasteiger partial charge >= 0.3 is 6.18 Å². The summed E-state index contributed by atoms with van der Waals surface area (Å²) in [5.74, 6) is 0.776. The van der Waals surface area contributed by atoms with Crippen molar-refractivity contribution < 1.29 is 17.9 Å². The first kappa shape index (κ1) is 18.0. The molecule has 1 fully saturated rings. The second-order valence-electron chi connectivity index (χ2n) is 6.04. The zero-order chi connectivity index (χ0) is 17.7. The van der Waals surface area contributed by atoms with Crippen LogP contribution >= 0.6 is 11.8 Å². The Morgan fingerprint density at radius 3 is 2.76 bits per heavy atom. The van der Waals surface area contributed by atoms with E-state index >= 15 is 0 Å². The Morgan fingerprint density at radius 2 is 2.00 bits per heavy atom. The van der Waals surface area contributed by atoms with Gasteiger partial charge in [0.15, 0.2) is 6.61 Å². The number of hydrogen-bond donors (Lipinski definition) is 0. The Hall–Kier alpha value is -1.77. The van der Waals surface area contributed by atoms with Crippen LogP contribution in [0.25, 0.3) is 0 Å². The molecule has 0 spiro atoms. The number of rotatable bonds is 6. The van der Waals surface area contributed by atoms with Crippen LogP contribution in [0.4, 0.5) is 13.2 Å². The highest BCUT2D eigenvalue weighted by Crippen LogP contribution is 2.31. The first-order valence-corrected chi connectivity index (χ1v) is 9.19. The van der Waals surface area contributed by atoms with Crippen molar-refractivity contribution in [2.24, 2.45) is 0 Å². The molecule has 0 unspecified atom stereocenters. The second-order valence-corrected chi connectivity index (χ2v) is 6.98. The van der Waals surface area contributed by atoms with Crippen LogP contribution < -0.4 is 4.74 Å². The Labute approximate surface area is 147 Å². The first-order chi connectivity index (χ1) is 12.0. The molecule has 9 heteroatoms. The topological polar surface area (TPSA) is 52.8 Å². The molecule has 1 aliphatic carbocycles. The van der Waals surface area contributed by atoms with Crippen LogP contribution in [0.5, 0.6) is 5.75 Å². The lowest BCUT2D eigenvalue weighted by molar-refractivity contribution is -0.153. The van der Waals surface area contributed by atoms with Crippen LogP contribution in [0.3, 0.4) is 0 Å². The van der Waals surface area contributed by atoms with Crippen LogP contribution in [-0.4, -0.2) is 33.0 Å². The van der Waals surface area contributed by atoms with E-state index < -0.39 is 12.8 Å². The number of alkyl halides is 3. The van der Waals surface area contributed by atoms with E-state index in [0.717, 1.165) is 23.6 Å². The van der Waals surface area contributed by atoms with Crippen molar-refractivity contribution in [3.63, 3.8) is 0 Å². The van der Waals surface area contributed by atoms with Crippen LogP contribution in [0, 0.1) is 0 Å². The number of benzene rings is 1. The SMILES string of the molecule is FC(F)(F)COc1cccc(CSc2nnnn2C2CCCCC2)c1. The van der Waals surface area contributed by atoms with Crippen LogP contribution in [0.2, 0.25) is 0 Å². The lowest BCUT2D eigenvalue weighted by atomic mass is 9.96. The maximum Gasteiger partial charge on any atom is 0.422 e. The van der Waals surface area contributed by atoms with Crippen LogP contribution in [0.15, 0.2) is 29.4 Å². The molecule has 1 aromatic carbocycles. The van der Waals surface area contributed by atoms with E-state index in [9.17, 15) is 13.2 Å². The average molecular weight is 372 g/mol. The zero-order valence-corrected chi connectivity index (χ0v) is 14.4. The number of ether oxygens (including phenoxy) is 1. The van der Waals surface area contributed by atoms with E-state index in [0.29, 0.717) is 11.8 Å². The van der Waals surface area contributed by atoms with Crippen molar-refractivity contribution in [2.45, 2.75) is 55.2 Å². The fraction of sp³-hybridized carbons (Fsp3) is 0.562. The van der Waals surface area contributed by atoms with Gasteiger partial charge in [0.25, 0.3) is 0 Å². The number of hydrogen-bond acceptors (Lipinski definition) is 5. The van der Waals surface area contributed by atoms with Gasteiger partial charge in [-0.05, 0) is 41.0 Å². The third-order valence-corrected chi connectivity index (χ3v) is 5.06. The van der Waals surface area contributed by atoms with E-state index in [1.54, 1.807) is 12.1 Å². The van der Waals surface area contributed by atoms with Crippen molar-refractivity contribution in [3.05, 3.63) is 29.8 Å². The summed E-state index contributed by atoms with van der Waals surface area (Å²) in [6.07, 6.45) is 1.46. The number of thioether (sulfide) groups is 1. The normalized spacial score (nSPS) is 16.1. The van der Waals surface area contributed by atoms with Gasteiger partial charge in [-0.1, -0.05) is 43.2 Å². The van der Waals surface area contributed by atoms with Gasteiger partial charge in [0.05, 0.1) is 6.04 Å². The number of tetrazole rings is 1. The lowest BCUT2D eigenvalue weighted by Crippen LogP contribution is -2.19. The molecular formula is C16H19F3N4OS. The van der Waals surface area contributed by atoms with Gasteiger partial charge in [-0.25, -0.2) is 4.68 Å². The van der Waals surface area contributed by atoms with Crippen molar-refractivity contribution in [2.75, 3.05) is 6.61 Å². The standard InChI is InChI=1S/C16H19F3N4OS/c17-16(18,19)11-24-14-8-4-5-12(9-14)10-25-15-20-21-22-23(15)13-6-2-1-3-7-13/h4-5,8-9,13H,1-3,6-7,10-11H2. The van der Waals surface area contributed by atoms with Gasteiger partial charge in [-0.3, -0.25) is 0 Å². The number of halogens is 3. The summed E-state index contributed by atoms with van der Waals surface area (Å²) in [7, 11) is 0. The molecule has 0 aliphatic heterocycles. The minimum absolute atomic E-state index is 0.210. The summed E-state index contributed by atoms with van der Waals surface area (Å²) in [5, 5.41) is 12.7. The number of nitrogens with zero attached hydrogens (tertiary/aromatic N) is 4. The molecule has 1 heterocycles. The van der Waals surface area contributed by atoms with Gasteiger partial charge in [0, 0.05) is 5.75 Å². The van der Waals surface area contributed by atoms with Gasteiger partial charge < -0.3 is 4.74 Å². The highest BCUT2D eigenvalue weighted by atomic mass is 32.2. The molecule has 0 radical (unpaired) electrons. The Morgan fingerprint density at radius 1 is 1.20 bits per heavy atom. The molecule has 0 bridgehead atoms. The van der Waals surface area contributed by atoms with E-state index in [4.69, 9.17) is 4.74 Å². The molecule has 3 rings (SSSR count). The van der Waals surface area contributed by atoms with Crippen molar-refractivity contribution in [1.29, 1.82) is 0 Å². The highest BCUT2D eigenvalue weighted by Gasteiger charge is 2.28. The van der Waals surface area contributed by atoms with Crippen LogP contribution in [0.1, 0.15) is 43.7 Å². The summed E-state index contributed by atoms with van der Waals surface area (Å²) in [6.45, 7) is -1.29. The lowest BCUT2D eigenvalue weighted by Gasteiger charge is -2.22. The fourth-order valence-electron chi connectivity index (χ4n) is 2.87.